The molecule has 1 aromatic rings. The van der Waals surface area contributed by atoms with Crippen LogP contribution in [0.5, 0.6) is 0 Å². The smallest absolute Gasteiger partial charge is 0.222 e. The average molecular weight is 262 g/mol. The molecule has 0 bridgehead atoms. The molecule has 0 spiro atoms. The van der Waals surface area contributed by atoms with Crippen LogP contribution in [-0.4, -0.2) is 30.9 Å². The SMILES string of the molecule is CC(CCN)CCC(=O)N(C)CCc1ccccc1. The first kappa shape index (κ1) is 15.7. The fourth-order valence-electron chi connectivity index (χ4n) is 2.06. The molecule has 106 valence electrons. The van der Waals surface area contributed by atoms with Gasteiger partial charge in [-0.1, -0.05) is 37.3 Å². The fraction of sp³-hybridized carbons (Fsp3) is 0.562. The average Bonchev–Trinajstić information content (AvgIpc) is 2.43. The van der Waals surface area contributed by atoms with Crippen LogP contribution in [0.1, 0.15) is 31.7 Å². The van der Waals surface area contributed by atoms with E-state index in [4.69, 9.17) is 5.73 Å². The van der Waals surface area contributed by atoms with Crippen LogP contribution in [0.25, 0.3) is 0 Å². The second-order valence-corrected chi connectivity index (χ2v) is 5.27. The number of carbonyl (C=O) groups is 1. The molecule has 3 nitrogen and oxygen atoms in total. The molecule has 0 aliphatic carbocycles. The van der Waals surface area contributed by atoms with E-state index in [1.54, 1.807) is 0 Å². The number of rotatable bonds is 8. The Balaban J connectivity index is 2.25. The van der Waals surface area contributed by atoms with Crippen molar-refractivity contribution in [2.45, 2.75) is 32.6 Å². The molecule has 1 unspecified atom stereocenters. The maximum atomic E-state index is 12.0. The second kappa shape index (κ2) is 8.70. The van der Waals surface area contributed by atoms with Crippen molar-refractivity contribution < 1.29 is 4.79 Å². The molecule has 1 amide bonds. The number of hydrogen-bond acceptors (Lipinski definition) is 2. The summed E-state index contributed by atoms with van der Waals surface area (Å²) in [6.07, 6.45) is 3.49. The van der Waals surface area contributed by atoms with Gasteiger partial charge in [0, 0.05) is 20.0 Å². The van der Waals surface area contributed by atoms with Gasteiger partial charge in [-0.15, -0.1) is 0 Å². The largest absolute Gasteiger partial charge is 0.345 e. The molecule has 3 heteroatoms. The third kappa shape index (κ3) is 6.39. The molecule has 0 aromatic heterocycles. The van der Waals surface area contributed by atoms with Gasteiger partial charge in [-0.25, -0.2) is 0 Å². The normalized spacial score (nSPS) is 12.2. The topological polar surface area (TPSA) is 46.3 Å². The highest BCUT2D eigenvalue weighted by atomic mass is 16.2. The maximum absolute atomic E-state index is 12.0. The zero-order valence-electron chi connectivity index (χ0n) is 12.1. The molecule has 0 fully saturated rings. The first-order valence-electron chi connectivity index (χ1n) is 7.11. The number of carbonyl (C=O) groups excluding carboxylic acids is 1. The highest BCUT2D eigenvalue weighted by Gasteiger charge is 2.10. The summed E-state index contributed by atoms with van der Waals surface area (Å²) < 4.78 is 0. The third-order valence-electron chi connectivity index (χ3n) is 3.51. The van der Waals surface area contributed by atoms with Gasteiger partial charge < -0.3 is 10.6 Å². The predicted molar refractivity (Wildman–Crippen MR) is 79.9 cm³/mol. The molecule has 0 saturated carbocycles. The molecule has 1 aromatic carbocycles. The standard InChI is InChI=1S/C16H26N2O/c1-14(10-12-17)8-9-16(19)18(2)13-11-15-6-4-3-5-7-15/h3-7,14H,8-13,17H2,1-2H3. The summed E-state index contributed by atoms with van der Waals surface area (Å²) in [7, 11) is 1.89. The monoisotopic (exact) mass is 262 g/mol. The molecule has 0 aliphatic heterocycles. The fourth-order valence-corrected chi connectivity index (χ4v) is 2.06. The Bertz CT molecular complexity index is 364. The van der Waals surface area contributed by atoms with E-state index >= 15 is 0 Å². The molecular formula is C16H26N2O. The van der Waals surface area contributed by atoms with E-state index in [9.17, 15) is 4.79 Å². The summed E-state index contributed by atoms with van der Waals surface area (Å²) in [5.74, 6) is 0.774. The van der Waals surface area contributed by atoms with Gasteiger partial charge in [0.15, 0.2) is 0 Å². The van der Waals surface area contributed by atoms with Crippen molar-refractivity contribution in [3.05, 3.63) is 35.9 Å². The van der Waals surface area contributed by atoms with Gasteiger partial charge in [-0.05, 0) is 37.3 Å². The lowest BCUT2D eigenvalue weighted by atomic mass is 10.0. The van der Waals surface area contributed by atoms with E-state index in [-0.39, 0.29) is 5.91 Å². The van der Waals surface area contributed by atoms with Crippen molar-refractivity contribution in [2.75, 3.05) is 20.1 Å². The Morgan fingerprint density at radius 1 is 1.26 bits per heavy atom. The van der Waals surface area contributed by atoms with Crippen LogP contribution in [0.3, 0.4) is 0 Å². The van der Waals surface area contributed by atoms with Gasteiger partial charge in [0.05, 0.1) is 0 Å². The minimum absolute atomic E-state index is 0.236. The van der Waals surface area contributed by atoms with Crippen molar-refractivity contribution in [3.8, 4) is 0 Å². The van der Waals surface area contributed by atoms with Gasteiger partial charge in [-0.2, -0.15) is 0 Å². The van der Waals surface area contributed by atoms with Crippen LogP contribution in [-0.2, 0) is 11.2 Å². The predicted octanol–water partition coefficient (Wildman–Crippen LogP) is 2.45. The molecule has 2 N–H and O–H groups in total. The molecule has 0 saturated heterocycles. The van der Waals surface area contributed by atoms with Gasteiger partial charge >= 0.3 is 0 Å². The Labute approximate surface area is 116 Å². The van der Waals surface area contributed by atoms with Crippen LogP contribution in [0.15, 0.2) is 30.3 Å². The minimum Gasteiger partial charge on any atom is -0.345 e. The van der Waals surface area contributed by atoms with E-state index in [0.717, 1.165) is 25.8 Å². The molecule has 19 heavy (non-hydrogen) atoms. The lowest BCUT2D eigenvalue weighted by Gasteiger charge is -2.18. The van der Waals surface area contributed by atoms with Gasteiger partial charge in [0.2, 0.25) is 5.91 Å². The van der Waals surface area contributed by atoms with Crippen LogP contribution in [0.2, 0.25) is 0 Å². The highest BCUT2D eigenvalue weighted by Crippen LogP contribution is 2.10. The van der Waals surface area contributed by atoms with Crippen molar-refractivity contribution in [1.82, 2.24) is 4.90 Å². The summed E-state index contributed by atoms with van der Waals surface area (Å²) in [5.41, 5.74) is 6.79. The molecule has 1 atom stereocenters. The van der Waals surface area contributed by atoms with Crippen LogP contribution in [0.4, 0.5) is 0 Å². The maximum Gasteiger partial charge on any atom is 0.222 e. The summed E-state index contributed by atoms with van der Waals surface area (Å²) in [6.45, 7) is 3.65. The lowest BCUT2D eigenvalue weighted by Crippen LogP contribution is -2.29. The van der Waals surface area contributed by atoms with Gasteiger partial charge in [-0.3, -0.25) is 4.79 Å². The van der Waals surface area contributed by atoms with E-state index in [0.29, 0.717) is 18.9 Å². The minimum atomic E-state index is 0.236. The summed E-state index contributed by atoms with van der Waals surface area (Å²) in [4.78, 5) is 13.8. The molecular weight excluding hydrogens is 236 g/mol. The molecule has 1 rings (SSSR count). The Kier molecular flexibility index (Phi) is 7.19. The highest BCUT2D eigenvalue weighted by molar-refractivity contribution is 5.75. The lowest BCUT2D eigenvalue weighted by molar-refractivity contribution is -0.130. The first-order valence-corrected chi connectivity index (χ1v) is 7.11. The van der Waals surface area contributed by atoms with Gasteiger partial charge in [0.1, 0.15) is 0 Å². The Hall–Kier alpha value is -1.35. The van der Waals surface area contributed by atoms with Crippen LogP contribution < -0.4 is 5.73 Å². The Morgan fingerprint density at radius 2 is 1.95 bits per heavy atom. The van der Waals surface area contributed by atoms with Crippen LogP contribution in [0, 0.1) is 5.92 Å². The van der Waals surface area contributed by atoms with E-state index in [2.05, 4.69) is 19.1 Å². The number of likely N-dealkylation sites (N-methyl/N-ethyl adjacent to an activating group) is 1. The van der Waals surface area contributed by atoms with Crippen molar-refractivity contribution in [2.24, 2.45) is 11.7 Å². The molecule has 0 aliphatic rings. The van der Waals surface area contributed by atoms with Crippen LogP contribution >= 0.6 is 0 Å². The quantitative estimate of drug-likeness (QED) is 0.782. The van der Waals surface area contributed by atoms with E-state index in [1.165, 1.54) is 5.56 Å². The van der Waals surface area contributed by atoms with Crippen molar-refractivity contribution >= 4 is 5.91 Å². The number of benzene rings is 1. The summed E-state index contributed by atoms with van der Waals surface area (Å²) in [6, 6.07) is 10.3. The zero-order chi connectivity index (χ0) is 14.1. The first-order chi connectivity index (χ1) is 9.13. The molecule has 0 radical (unpaired) electrons. The molecule has 0 heterocycles. The van der Waals surface area contributed by atoms with E-state index in [1.807, 2.05) is 30.1 Å². The summed E-state index contributed by atoms with van der Waals surface area (Å²) >= 11 is 0. The number of hydrogen-bond donors (Lipinski definition) is 1. The third-order valence-corrected chi connectivity index (χ3v) is 3.51. The van der Waals surface area contributed by atoms with Crippen molar-refractivity contribution in [3.63, 3.8) is 0 Å². The number of nitrogens with zero attached hydrogens (tertiary/aromatic N) is 1. The van der Waals surface area contributed by atoms with Crippen molar-refractivity contribution in [1.29, 1.82) is 0 Å². The van der Waals surface area contributed by atoms with E-state index < -0.39 is 0 Å². The number of amides is 1. The number of nitrogens with two attached hydrogens (primary N) is 1. The second-order valence-electron chi connectivity index (χ2n) is 5.27. The Morgan fingerprint density at radius 3 is 2.58 bits per heavy atom. The van der Waals surface area contributed by atoms with Gasteiger partial charge in [0.25, 0.3) is 0 Å². The zero-order valence-corrected chi connectivity index (χ0v) is 12.1. The summed E-state index contributed by atoms with van der Waals surface area (Å²) in [5, 5.41) is 0.